The Morgan fingerprint density at radius 2 is 1.81 bits per heavy atom. The van der Waals surface area contributed by atoms with Gasteiger partial charge in [-0.25, -0.2) is 4.39 Å². The van der Waals surface area contributed by atoms with E-state index in [0.29, 0.717) is 19.1 Å². The largest absolute Gasteiger partial charge is 0.374 e. The van der Waals surface area contributed by atoms with Crippen LogP contribution in [-0.2, 0) is 17.9 Å². The molecule has 1 rings (SSSR count). The number of ether oxygens (including phenoxy) is 1. The topological polar surface area (TPSA) is 35.2 Å². The van der Waals surface area contributed by atoms with Crippen molar-refractivity contribution in [1.82, 2.24) is 0 Å². The van der Waals surface area contributed by atoms with Crippen LogP contribution in [0.2, 0.25) is 0 Å². The smallest absolute Gasteiger partial charge is 0.123 e. The minimum atomic E-state index is -0.251. The molecule has 0 aliphatic carbocycles. The molecule has 0 aliphatic rings. The molecular weight excluding hydrogens is 205 g/mol. The highest BCUT2D eigenvalue weighted by Crippen LogP contribution is 2.13. The van der Waals surface area contributed by atoms with Crippen molar-refractivity contribution in [3.63, 3.8) is 0 Å². The third-order valence-corrected chi connectivity index (χ3v) is 2.70. The van der Waals surface area contributed by atoms with Crippen molar-refractivity contribution in [2.24, 2.45) is 11.7 Å². The van der Waals surface area contributed by atoms with Crippen molar-refractivity contribution >= 4 is 0 Å². The van der Waals surface area contributed by atoms with Crippen molar-refractivity contribution in [3.8, 4) is 0 Å². The van der Waals surface area contributed by atoms with Crippen molar-refractivity contribution in [3.05, 3.63) is 35.1 Å². The zero-order valence-electron chi connectivity index (χ0n) is 10.2. The fraction of sp³-hybridized carbons (Fsp3) is 0.538. The Hall–Kier alpha value is -0.930. The molecule has 0 aromatic heterocycles. The molecule has 0 saturated heterocycles. The monoisotopic (exact) mass is 225 g/mol. The highest BCUT2D eigenvalue weighted by Gasteiger charge is 2.08. The molecule has 0 bridgehead atoms. The minimum Gasteiger partial charge on any atom is -0.374 e. The molecular formula is C13H20FNO. The molecule has 1 atom stereocenters. The first-order valence-electron chi connectivity index (χ1n) is 5.63. The third kappa shape index (κ3) is 3.91. The number of nitrogens with two attached hydrogens (primary N) is 1. The molecule has 1 unspecified atom stereocenters. The molecule has 0 amide bonds. The summed E-state index contributed by atoms with van der Waals surface area (Å²) in [4.78, 5) is 0. The van der Waals surface area contributed by atoms with E-state index in [2.05, 4.69) is 13.8 Å². The quantitative estimate of drug-likeness (QED) is 0.836. The first kappa shape index (κ1) is 13.1. The summed E-state index contributed by atoms with van der Waals surface area (Å²) in [7, 11) is 0. The zero-order chi connectivity index (χ0) is 12.1. The Bertz CT molecular complexity index is 339. The summed E-state index contributed by atoms with van der Waals surface area (Å²) in [6.07, 6.45) is 0.171. The summed E-state index contributed by atoms with van der Waals surface area (Å²) in [5, 5.41) is 0. The average Bonchev–Trinajstić information content (AvgIpc) is 2.24. The van der Waals surface area contributed by atoms with Crippen molar-refractivity contribution in [2.45, 2.75) is 40.0 Å². The van der Waals surface area contributed by atoms with E-state index < -0.39 is 0 Å². The molecule has 1 aromatic carbocycles. The van der Waals surface area contributed by atoms with Gasteiger partial charge >= 0.3 is 0 Å². The van der Waals surface area contributed by atoms with Crippen molar-refractivity contribution in [1.29, 1.82) is 0 Å². The molecule has 2 N–H and O–H groups in total. The summed E-state index contributed by atoms with van der Waals surface area (Å²) >= 11 is 0. The minimum absolute atomic E-state index is 0.171. The fourth-order valence-corrected chi connectivity index (χ4v) is 1.34. The Morgan fingerprint density at radius 3 is 2.38 bits per heavy atom. The first-order valence-corrected chi connectivity index (χ1v) is 5.63. The summed E-state index contributed by atoms with van der Waals surface area (Å²) in [5.41, 5.74) is 7.13. The maximum atomic E-state index is 13.2. The van der Waals surface area contributed by atoms with Crippen LogP contribution >= 0.6 is 0 Å². The lowest BCUT2D eigenvalue weighted by molar-refractivity contribution is 0.0234. The molecule has 0 fully saturated rings. The standard InChI is InChI=1S/C13H20FNO/c1-9(2)10(3)16-8-12-4-11(7-15)5-13(14)6-12/h4-6,9-10H,7-8,15H2,1-3H3. The molecule has 0 spiro atoms. The van der Waals surface area contributed by atoms with E-state index in [0.717, 1.165) is 11.1 Å². The molecule has 0 heterocycles. The van der Waals surface area contributed by atoms with Gasteiger partial charge in [-0.2, -0.15) is 0 Å². The number of benzene rings is 1. The second-order valence-electron chi connectivity index (χ2n) is 4.43. The number of hydrogen-bond donors (Lipinski definition) is 1. The Morgan fingerprint density at radius 1 is 1.19 bits per heavy atom. The van der Waals surface area contributed by atoms with Crippen LogP contribution < -0.4 is 5.73 Å². The zero-order valence-corrected chi connectivity index (χ0v) is 10.2. The Balaban J connectivity index is 2.63. The molecule has 90 valence electrons. The van der Waals surface area contributed by atoms with Crippen LogP contribution in [0.4, 0.5) is 4.39 Å². The lowest BCUT2D eigenvalue weighted by Gasteiger charge is -2.16. The van der Waals surface area contributed by atoms with Gasteiger partial charge in [0.1, 0.15) is 5.82 Å². The van der Waals surface area contributed by atoms with Gasteiger partial charge in [0.05, 0.1) is 12.7 Å². The van der Waals surface area contributed by atoms with Gasteiger partial charge in [0.2, 0.25) is 0 Å². The second kappa shape index (κ2) is 5.97. The lowest BCUT2D eigenvalue weighted by atomic mass is 10.1. The Labute approximate surface area is 96.6 Å². The van der Waals surface area contributed by atoms with Crippen molar-refractivity contribution < 1.29 is 9.13 Å². The van der Waals surface area contributed by atoms with Gasteiger partial charge in [0.25, 0.3) is 0 Å². The first-order chi connectivity index (χ1) is 7.52. The van der Waals surface area contributed by atoms with E-state index in [1.165, 1.54) is 12.1 Å². The van der Waals surface area contributed by atoms with Gasteiger partial charge in [0, 0.05) is 6.54 Å². The summed E-state index contributed by atoms with van der Waals surface area (Å²) in [5.74, 6) is 0.210. The van der Waals surface area contributed by atoms with E-state index in [9.17, 15) is 4.39 Å². The summed E-state index contributed by atoms with van der Waals surface area (Å²) in [6, 6.07) is 4.83. The molecule has 0 saturated carbocycles. The number of halogens is 1. The maximum Gasteiger partial charge on any atom is 0.123 e. The van der Waals surface area contributed by atoms with Crippen LogP contribution in [-0.4, -0.2) is 6.10 Å². The number of hydrogen-bond acceptors (Lipinski definition) is 2. The van der Waals surface area contributed by atoms with E-state index in [4.69, 9.17) is 10.5 Å². The van der Waals surface area contributed by atoms with Crippen LogP contribution in [0.15, 0.2) is 18.2 Å². The van der Waals surface area contributed by atoms with E-state index in [1.807, 2.05) is 13.0 Å². The van der Waals surface area contributed by atoms with Crippen LogP contribution in [0.25, 0.3) is 0 Å². The fourth-order valence-electron chi connectivity index (χ4n) is 1.34. The molecule has 3 heteroatoms. The molecule has 1 aromatic rings. The van der Waals surface area contributed by atoms with Gasteiger partial charge < -0.3 is 10.5 Å². The van der Waals surface area contributed by atoms with Gasteiger partial charge in [-0.3, -0.25) is 0 Å². The average molecular weight is 225 g/mol. The van der Waals surface area contributed by atoms with Gasteiger partial charge in [0.15, 0.2) is 0 Å². The summed E-state index contributed by atoms with van der Waals surface area (Å²) in [6.45, 7) is 7.01. The molecule has 0 radical (unpaired) electrons. The highest BCUT2D eigenvalue weighted by molar-refractivity contribution is 5.24. The summed E-state index contributed by atoms with van der Waals surface area (Å²) < 4.78 is 18.8. The highest BCUT2D eigenvalue weighted by atomic mass is 19.1. The van der Waals surface area contributed by atoms with E-state index in [1.54, 1.807) is 0 Å². The van der Waals surface area contributed by atoms with E-state index in [-0.39, 0.29) is 11.9 Å². The van der Waals surface area contributed by atoms with E-state index >= 15 is 0 Å². The molecule has 0 aliphatic heterocycles. The van der Waals surface area contributed by atoms with Crippen LogP contribution in [0, 0.1) is 11.7 Å². The van der Waals surface area contributed by atoms with Crippen LogP contribution in [0.1, 0.15) is 31.9 Å². The van der Waals surface area contributed by atoms with Crippen LogP contribution in [0.5, 0.6) is 0 Å². The molecule has 2 nitrogen and oxygen atoms in total. The molecule has 16 heavy (non-hydrogen) atoms. The van der Waals surface area contributed by atoms with Gasteiger partial charge in [-0.15, -0.1) is 0 Å². The lowest BCUT2D eigenvalue weighted by Crippen LogP contribution is -2.15. The van der Waals surface area contributed by atoms with Gasteiger partial charge in [-0.1, -0.05) is 19.9 Å². The van der Waals surface area contributed by atoms with Crippen LogP contribution in [0.3, 0.4) is 0 Å². The predicted molar refractivity (Wildman–Crippen MR) is 63.4 cm³/mol. The maximum absolute atomic E-state index is 13.2. The van der Waals surface area contributed by atoms with Gasteiger partial charge in [-0.05, 0) is 36.1 Å². The predicted octanol–water partition coefficient (Wildman–Crippen LogP) is 2.85. The Kier molecular flexibility index (Phi) is 4.90. The third-order valence-electron chi connectivity index (χ3n) is 2.70. The SMILES string of the molecule is CC(C)C(C)OCc1cc(F)cc(CN)c1. The normalized spacial score (nSPS) is 13.1. The second-order valence-corrected chi connectivity index (χ2v) is 4.43. The number of rotatable bonds is 5. The van der Waals surface area contributed by atoms with Crippen molar-refractivity contribution in [2.75, 3.05) is 0 Å².